The molecule has 0 fully saturated rings. The Labute approximate surface area is 145 Å². The molecule has 0 bridgehead atoms. The molecule has 0 aliphatic heterocycles. The van der Waals surface area contributed by atoms with Crippen molar-refractivity contribution in [2.75, 3.05) is 0 Å². The average Bonchev–Trinajstić information content (AvgIpc) is 2.02. The van der Waals surface area contributed by atoms with E-state index in [1.54, 1.807) is 0 Å². The number of rotatable bonds is 5. The van der Waals surface area contributed by atoms with Crippen molar-refractivity contribution in [1.82, 2.24) is 0 Å². The van der Waals surface area contributed by atoms with Gasteiger partial charge in [-0.05, 0) is 0 Å². The minimum absolute atomic E-state index is 0. The van der Waals surface area contributed by atoms with E-state index in [0.29, 0.717) is 0 Å². The quantitative estimate of drug-likeness (QED) is 0.365. The van der Waals surface area contributed by atoms with E-state index in [1.165, 1.54) is 0 Å². The summed E-state index contributed by atoms with van der Waals surface area (Å²) >= 11 is -0.129. The molecule has 9 heteroatoms. The molecule has 1 atom stereocenters. The van der Waals surface area contributed by atoms with Gasteiger partial charge in [0.2, 0.25) is 0 Å². The molecule has 0 aromatic rings. The summed E-state index contributed by atoms with van der Waals surface area (Å²) in [4.78, 5) is 31.4. The molecule has 0 radical (unpaired) electrons. The van der Waals surface area contributed by atoms with Gasteiger partial charge in [-0.15, -0.1) is 0 Å². The normalized spacial score (nSPS) is 13.2. The number of carboxylic acids is 2. The molecule has 7 nitrogen and oxygen atoms in total. The molecule has 0 aliphatic rings. The Morgan fingerprint density at radius 2 is 1.73 bits per heavy atom. The van der Waals surface area contributed by atoms with E-state index in [9.17, 15) is 19.5 Å². The van der Waals surface area contributed by atoms with Crippen molar-refractivity contribution in [3.05, 3.63) is 0 Å². The zero-order valence-corrected chi connectivity index (χ0v) is 15.6. The van der Waals surface area contributed by atoms with Gasteiger partial charge in [0, 0.05) is 0 Å². The first-order valence-corrected chi connectivity index (χ1v) is 5.22. The summed E-state index contributed by atoms with van der Waals surface area (Å²) < 4.78 is 4.29. The predicted molar refractivity (Wildman–Crippen MR) is 45.2 cm³/mol. The number of aliphatic carboxylic acids is 2. The van der Waals surface area contributed by atoms with Crippen molar-refractivity contribution in [2.45, 2.75) is 18.4 Å². The zero-order chi connectivity index (χ0) is 11.4. The smallest absolute Gasteiger partial charge is 1.00 e. The molecule has 0 aliphatic carbocycles. The molecule has 0 aromatic carbocycles. The minimum Gasteiger partial charge on any atom is -1.00 e. The number of carboxylic acid groups (broad SMARTS) is 2. The Balaban J connectivity index is -0.000000845. The molecule has 1 unspecified atom stereocenters. The number of carbonyl (C=O) groups excluding carboxylic acids is 1. The Morgan fingerprint density at radius 1 is 1.27 bits per heavy atom. The molecule has 0 rings (SSSR count). The van der Waals surface area contributed by atoms with E-state index in [2.05, 4.69) is 2.81 Å². The Kier molecular flexibility index (Phi) is 9.80. The third-order valence-electron chi connectivity index (χ3n) is 1.41. The van der Waals surface area contributed by atoms with Gasteiger partial charge in [0.25, 0.3) is 0 Å². The van der Waals surface area contributed by atoms with Crippen molar-refractivity contribution in [3.8, 4) is 0 Å². The molecule has 82 valence electrons. The monoisotopic (exact) mass is 442 g/mol. The van der Waals surface area contributed by atoms with Crippen molar-refractivity contribution < 1.29 is 85.3 Å². The van der Waals surface area contributed by atoms with Crippen LogP contribution in [0.1, 0.15) is 14.3 Å². The molecule has 15 heavy (non-hydrogen) atoms. The van der Waals surface area contributed by atoms with Crippen LogP contribution in [0.5, 0.6) is 0 Å². The van der Waals surface area contributed by atoms with Gasteiger partial charge in [0.05, 0.1) is 0 Å². The van der Waals surface area contributed by atoms with Crippen molar-refractivity contribution in [2.24, 2.45) is 0 Å². The predicted octanol–water partition coefficient (Wildman–Crippen LogP) is -5.13. The maximum atomic E-state index is 10.7. The van der Waals surface area contributed by atoms with Crippen molar-refractivity contribution >= 4 is 43.1 Å². The van der Waals surface area contributed by atoms with Crippen LogP contribution in [0, 0.1) is 0 Å². The second kappa shape index (κ2) is 8.05. The number of carbonyl (C=O) groups is 3. The van der Waals surface area contributed by atoms with E-state index >= 15 is 0 Å². The van der Waals surface area contributed by atoms with Crippen LogP contribution in [-0.4, -0.2) is 64.0 Å². The van der Waals surface area contributed by atoms with Gasteiger partial charge in [0.1, 0.15) is 0 Å². The summed E-state index contributed by atoms with van der Waals surface area (Å²) in [5, 5.41) is 26.1. The molecule has 0 aromatic heterocycles. The molecule has 3 N–H and O–H groups in total. The van der Waals surface area contributed by atoms with Gasteiger partial charge in [-0.3, -0.25) is 0 Å². The second-order valence-corrected chi connectivity index (χ2v) is 3.49. The van der Waals surface area contributed by atoms with Gasteiger partial charge in [-0.25, -0.2) is 0 Å². The summed E-state index contributed by atoms with van der Waals surface area (Å²) in [6, 6.07) is 0. The topological polar surface area (TPSA) is 121 Å². The van der Waals surface area contributed by atoms with Crippen LogP contribution in [0.3, 0.4) is 0 Å². The maximum absolute atomic E-state index is 10.7. The summed E-state index contributed by atoms with van der Waals surface area (Å²) in [6.45, 7) is 0. The number of hydrogen-bond donors (Lipinski definition) is 3. The fourth-order valence-corrected chi connectivity index (χ4v) is 1.07. The van der Waals surface area contributed by atoms with E-state index in [-0.39, 0.29) is 78.0 Å². The molecule has 0 saturated carbocycles. The van der Waals surface area contributed by atoms with Crippen LogP contribution in [0.4, 0.5) is 0 Å². The van der Waals surface area contributed by atoms with Gasteiger partial charge >= 0.3 is 145 Å². The maximum Gasteiger partial charge on any atom is 1.00 e. The summed E-state index contributed by atoms with van der Waals surface area (Å²) in [5.41, 5.74) is -2.59. The van der Waals surface area contributed by atoms with Crippen LogP contribution in [-0.2, 0) is 17.2 Å². The largest absolute Gasteiger partial charge is 1.00 e. The van der Waals surface area contributed by atoms with Crippen molar-refractivity contribution in [3.63, 3.8) is 0 Å². The van der Waals surface area contributed by atoms with Gasteiger partial charge in [-0.1, -0.05) is 0 Å². The molecule has 0 heterocycles. The number of hydrogen-bond acceptors (Lipinski definition) is 5. The van der Waals surface area contributed by atoms with E-state index < -0.39 is 36.4 Å². The fraction of sp³-hybridized carbons (Fsp3) is 0.500. The van der Waals surface area contributed by atoms with Gasteiger partial charge < -0.3 is 1.43 Å². The van der Waals surface area contributed by atoms with E-state index in [1.807, 2.05) is 0 Å². The van der Waals surface area contributed by atoms with Crippen LogP contribution < -0.4 is 51.4 Å². The van der Waals surface area contributed by atoms with Crippen molar-refractivity contribution in [1.29, 1.82) is 0 Å². The van der Waals surface area contributed by atoms with E-state index in [4.69, 9.17) is 10.2 Å². The summed E-state index contributed by atoms with van der Waals surface area (Å²) in [7, 11) is 0. The number of aliphatic hydroxyl groups is 1. The standard InChI is InChI=1S/C6H8O7.Bi.K.3H/c7-3(8)1-6(13,5(11)12)2-4(9)10;;;;;/h13H,1-2H2,(H,7,8)(H,9,10)(H,11,12);;;;;/q;2*+1;;;-1/p-1. The minimum atomic E-state index is -2.59. The fourth-order valence-electron chi connectivity index (χ4n) is 0.744. The first kappa shape index (κ1) is 18.3. The SMILES string of the molecule is O=C(O)CC(O)(CC(=O)[O][BiH2])C(=O)O.[H-].[K+]. The third-order valence-corrected chi connectivity index (χ3v) is 2.43. The first-order valence-electron chi connectivity index (χ1n) is 3.39. The summed E-state index contributed by atoms with van der Waals surface area (Å²) in [6.07, 6.45) is -1.90. The molecule has 0 amide bonds. The molecular weight excluding hydrogens is 432 g/mol. The molecule has 0 saturated heterocycles. The van der Waals surface area contributed by atoms with Crippen LogP contribution >= 0.6 is 0 Å². The Morgan fingerprint density at radius 3 is 2.00 bits per heavy atom. The summed E-state index contributed by atoms with van der Waals surface area (Å²) in [5.74, 6) is -4.17. The average molecular weight is 442 g/mol. The zero-order valence-electron chi connectivity index (χ0n) is 8.97. The van der Waals surface area contributed by atoms with E-state index in [0.717, 1.165) is 0 Å². The third kappa shape index (κ3) is 6.93. The van der Waals surface area contributed by atoms with Crippen LogP contribution in [0.25, 0.3) is 0 Å². The van der Waals surface area contributed by atoms with Crippen LogP contribution in [0.2, 0.25) is 0 Å². The van der Waals surface area contributed by atoms with Crippen LogP contribution in [0.15, 0.2) is 0 Å². The Bertz CT molecular complexity index is 274. The molecule has 0 spiro atoms. The van der Waals surface area contributed by atoms with Gasteiger partial charge in [0.15, 0.2) is 0 Å². The second-order valence-electron chi connectivity index (χ2n) is 2.57. The van der Waals surface area contributed by atoms with Gasteiger partial charge in [-0.2, -0.15) is 0 Å². The first-order chi connectivity index (χ1) is 6.31. The Hall–Kier alpha value is 0.889. The molecular formula is C6H10BiKO7.